The third-order valence-corrected chi connectivity index (χ3v) is 3.55. The van der Waals surface area contributed by atoms with Crippen molar-refractivity contribution in [2.24, 2.45) is 0 Å². The Hall–Kier alpha value is -3.09. The van der Waals surface area contributed by atoms with Gasteiger partial charge in [0.05, 0.1) is 18.1 Å². The number of carbonyl (C=O) groups is 1. The molecule has 7 heteroatoms. The van der Waals surface area contributed by atoms with E-state index in [4.69, 9.17) is 0 Å². The maximum Gasteiger partial charge on any atom is 0.274 e. The summed E-state index contributed by atoms with van der Waals surface area (Å²) in [6.45, 7) is 0.294. The number of rotatable bonds is 4. The molecule has 0 atom stereocenters. The van der Waals surface area contributed by atoms with E-state index < -0.39 is 17.5 Å². The standard InChI is InChI=1S/C17H13F2N3O2/c18-14-6-5-11(9-15(14)19)16(23)20-7-8-22-17(24)13-4-2-1-3-12(13)10-21-22/h1-6,9-10H,7-8H2,(H,20,23). The van der Waals surface area contributed by atoms with Crippen LogP contribution >= 0.6 is 0 Å². The number of amides is 1. The first kappa shape index (κ1) is 15.8. The second kappa shape index (κ2) is 6.57. The SMILES string of the molecule is O=C(NCCn1ncc2ccccc2c1=O)c1ccc(F)c(F)c1. The first-order chi connectivity index (χ1) is 11.6. The van der Waals surface area contributed by atoms with Gasteiger partial charge in [0.1, 0.15) is 0 Å². The van der Waals surface area contributed by atoms with Crippen molar-refractivity contribution in [1.29, 1.82) is 0 Å². The van der Waals surface area contributed by atoms with E-state index in [1.807, 2.05) is 6.07 Å². The number of benzene rings is 2. The molecule has 1 amide bonds. The third-order valence-electron chi connectivity index (χ3n) is 3.55. The van der Waals surface area contributed by atoms with E-state index >= 15 is 0 Å². The van der Waals surface area contributed by atoms with Gasteiger partial charge in [0.25, 0.3) is 11.5 Å². The summed E-state index contributed by atoms with van der Waals surface area (Å²) in [5.74, 6) is -2.66. The zero-order chi connectivity index (χ0) is 17.1. The van der Waals surface area contributed by atoms with Crippen LogP contribution in [0.3, 0.4) is 0 Å². The Labute approximate surface area is 135 Å². The van der Waals surface area contributed by atoms with E-state index in [1.54, 1.807) is 24.4 Å². The number of halogens is 2. The monoisotopic (exact) mass is 329 g/mol. The van der Waals surface area contributed by atoms with Gasteiger partial charge in [-0.1, -0.05) is 18.2 Å². The lowest BCUT2D eigenvalue weighted by Crippen LogP contribution is -2.32. The van der Waals surface area contributed by atoms with E-state index in [1.165, 1.54) is 10.7 Å². The normalized spacial score (nSPS) is 10.8. The minimum absolute atomic E-state index is 0.00715. The van der Waals surface area contributed by atoms with E-state index in [0.29, 0.717) is 5.39 Å². The van der Waals surface area contributed by atoms with Crippen LogP contribution < -0.4 is 10.9 Å². The Morgan fingerprint density at radius 2 is 1.92 bits per heavy atom. The summed E-state index contributed by atoms with van der Waals surface area (Å²) in [5.41, 5.74) is -0.247. The average Bonchev–Trinajstić information content (AvgIpc) is 2.59. The van der Waals surface area contributed by atoms with Crippen LogP contribution in [0.2, 0.25) is 0 Å². The second-order valence-corrected chi connectivity index (χ2v) is 5.14. The molecule has 1 aromatic heterocycles. The lowest BCUT2D eigenvalue weighted by atomic mass is 10.2. The van der Waals surface area contributed by atoms with Gasteiger partial charge >= 0.3 is 0 Å². The first-order valence-electron chi connectivity index (χ1n) is 7.24. The number of hydrogen-bond acceptors (Lipinski definition) is 3. The highest BCUT2D eigenvalue weighted by Gasteiger charge is 2.10. The molecule has 0 fully saturated rings. The van der Waals surface area contributed by atoms with Crippen LogP contribution in [0, 0.1) is 11.6 Å². The smallest absolute Gasteiger partial charge is 0.274 e. The lowest BCUT2D eigenvalue weighted by Gasteiger charge is -2.08. The van der Waals surface area contributed by atoms with Gasteiger partial charge < -0.3 is 5.32 Å². The van der Waals surface area contributed by atoms with Gasteiger partial charge in [-0.25, -0.2) is 13.5 Å². The maximum atomic E-state index is 13.1. The second-order valence-electron chi connectivity index (χ2n) is 5.14. The summed E-state index contributed by atoms with van der Waals surface area (Å²) in [7, 11) is 0. The predicted octanol–water partition coefficient (Wildman–Crippen LogP) is 2.10. The van der Waals surface area contributed by atoms with E-state index in [-0.39, 0.29) is 24.2 Å². The molecule has 0 saturated heterocycles. The van der Waals surface area contributed by atoms with Crippen molar-refractivity contribution >= 4 is 16.7 Å². The number of aromatic nitrogens is 2. The molecule has 0 aliphatic heterocycles. The highest BCUT2D eigenvalue weighted by atomic mass is 19.2. The van der Waals surface area contributed by atoms with Crippen molar-refractivity contribution in [3.8, 4) is 0 Å². The Morgan fingerprint density at radius 3 is 2.71 bits per heavy atom. The van der Waals surface area contributed by atoms with Crippen molar-refractivity contribution in [2.45, 2.75) is 6.54 Å². The quantitative estimate of drug-likeness (QED) is 0.797. The van der Waals surface area contributed by atoms with E-state index in [9.17, 15) is 18.4 Å². The zero-order valence-electron chi connectivity index (χ0n) is 12.5. The average molecular weight is 329 g/mol. The Balaban J connectivity index is 1.68. The molecule has 0 spiro atoms. The molecule has 2 aromatic carbocycles. The fourth-order valence-electron chi connectivity index (χ4n) is 2.30. The molecule has 1 heterocycles. The van der Waals surface area contributed by atoms with Crippen LogP contribution in [0.4, 0.5) is 8.78 Å². The summed E-state index contributed by atoms with van der Waals surface area (Å²) in [6, 6.07) is 9.97. The molecule has 0 aliphatic rings. The predicted molar refractivity (Wildman–Crippen MR) is 84.7 cm³/mol. The molecule has 122 valence electrons. The van der Waals surface area contributed by atoms with Crippen molar-refractivity contribution in [3.63, 3.8) is 0 Å². The number of nitrogens with zero attached hydrogens (tertiary/aromatic N) is 2. The largest absolute Gasteiger partial charge is 0.350 e. The number of hydrogen-bond donors (Lipinski definition) is 1. The van der Waals surface area contributed by atoms with Crippen LogP contribution in [0.25, 0.3) is 10.8 Å². The number of fused-ring (bicyclic) bond motifs is 1. The van der Waals surface area contributed by atoms with Crippen LogP contribution in [0.5, 0.6) is 0 Å². The third kappa shape index (κ3) is 3.15. The Bertz CT molecular complexity index is 969. The Morgan fingerprint density at radius 1 is 1.12 bits per heavy atom. The van der Waals surface area contributed by atoms with E-state index in [0.717, 1.165) is 17.5 Å². The van der Waals surface area contributed by atoms with E-state index in [2.05, 4.69) is 10.4 Å². The van der Waals surface area contributed by atoms with Crippen LogP contribution in [-0.4, -0.2) is 22.2 Å². The highest BCUT2D eigenvalue weighted by Crippen LogP contribution is 2.08. The summed E-state index contributed by atoms with van der Waals surface area (Å²) in [5, 5.41) is 7.87. The van der Waals surface area contributed by atoms with Gasteiger partial charge in [-0.3, -0.25) is 9.59 Å². The molecule has 0 bridgehead atoms. The Kier molecular flexibility index (Phi) is 4.33. The molecule has 0 radical (unpaired) electrons. The van der Waals surface area contributed by atoms with Crippen molar-refractivity contribution in [2.75, 3.05) is 6.54 Å². The number of carbonyl (C=O) groups excluding carboxylic acids is 1. The summed E-state index contributed by atoms with van der Waals surface area (Å²) in [6.07, 6.45) is 1.58. The van der Waals surface area contributed by atoms with Gasteiger partial charge in [0.15, 0.2) is 11.6 Å². The molecule has 1 N–H and O–H groups in total. The lowest BCUT2D eigenvalue weighted by molar-refractivity contribution is 0.0951. The molecule has 3 aromatic rings. The van der Waals surface area contributed by atoms with Gasteiger partial charge in [-0.2, -0.15) is 5.10 Å². The van der Waals surface area contributed by atoms with Gasteiger partial charge in [-0.05, 0) is 24.3 Å². The molecule has 5 nitrogen and oxygen atoms in total. The van der Waals surface area contributed by atoms with Gasteiger partial charge in [0, 0.05) is 17.5 Å². The van der Waals surface area contributed by atoms with Crippen molar-refractivity contribution in [1.82, 2.24) is 15.1 Å². The highest BCUT2D eigenvalue weighted by molar-refractivity contribution is 5.94. The molecule has 24 heavy (non-hydrogen) atoms. The van der Waals surface area contributed by atoms with Crippen LogP contribution in [-0.2, 0) is 6.54 Å². The van der Waals surface area contributed by atoms with Crippen LogP contribution in [0.15, 0.2) is 53.5 Å². The van der Waals surface area contributed by atoms with Crippen LogP contribution in [0.1, 0.15) is 10.4 Å². The van der Waals surface area contributed by atoms with Gasteiger partial charge in [-0.15, -0.1) is 0 Å². The zero-order valence-corrected chi connectivity index (χ0v) is 12.5. The first-order valence-corrected chi connectivity index (χ1v) is 7.24. The molecular formula is C17H13F2N3O2. The summed E-state index contributed by atoms with van der Waals surface area (Å²) >= 11 is 0. The van der Waals surface area contributed by atoms with Gasteiger partial charge in [0.2, 0.25) is 0 Å². The minimum atomic E-state index is -1.09. The molecule has 0 unspecified atom stereocenters. The van der Waals surface area contributed by atoms with Crippen molar-refractivity contribution in [3.05, 3.63) is 76.2 Å². The minimum Gasteiger partial charge on any atom is -0.350 e. The van der Waals surface area contributed by atoms with Crippen molar-refractivity contribution < 1.29 is 13.6 Å². The maximum absolute atomic E-state index is 13.1. The molecule has 3 rings (SSSR count). The summed E-state index contributed by atoms with van der Waals surface area (Å²) < 4.78 is 27.2. The number of nitrogens with one attached hydrogen (secondary N) is 1. The topological polar surface area (TPSA) is 64.0 Å². The summed E-state index contributed by atoms with van der Waals surface area (Å²) in [4.78, 5) is 24.1. The molecule has 0 saturated carbocycles. The fraction of sp³-hybridized carbons (Fsp3) is 0.118. The fourth-order valence-corrected chi connectivity index (χ4v) is 2.30. The molecule has 0 aliphatic carbocycles. The molecular weight excluding hydrogens is 316 g/mol.